The van der Waals surface area contributed by atoms with Crippen molar-refractivity contribution in [3.05, 3.63) is 52.9 Å². The minimum Gasteiger partial charge on any atom is -0.444 e. The number of amides is 2. The fraction of sp³-hybridized carbons (Fsp3) is 0.480. The molecule has 7 nitrogen and oxygen atoms in total. The second-order valence-electron chi connectivity index (χ2n) is 10.7. The fourth-order valence-corrected chi connectivity index (χ4v) is 5.71. The maximum atomic E-state index is 14.8. The van der Waals surface area contributed by atoms with Crippen LogP contribution in [0.4, 0.5) is 19.3 Å². The van der Waals surface area contributed by atoms with Crippen molar-refractivity contribution in [3.63, 3.8) is 0 Å². The first kappa shape index (κ1) is 26.7. The van der Waals surface area contributed by atoms with E-state index in [2.05, 4.69) is 10.3 Å². The number of hydrogen-bond donors (Lipinski definition) is 1. The molecule has 2 amide bonds. The minimum atomic E-state index is -2.28. The topological polar surface area (TPSA) is 80.8 Å². The Hall–Kier alpha value is -2.85. The van der Waals surface area contributed by atoms with Crippen LogP contribution in [0.5, 0.6) is 0 Å². The van der Waals surface area contributed by atoms with Crippen LogP contribution in [-0.2, 0) is 27.3 Å². The molecule has 0 saturated heterocycles. The lowest BCUT2D eigenvalue weighted by Crippen LogP contribution is -2.47. The maximum absolute atomic E-state index is 14.8. The second-order valence-corrected chi connectivity index (χ2v) is 15.7. The monoisotopic (exact) mass is 505 g/mol. The van der Waals surface area contributed by atoms with Crippen LogP contribution in [0.25, 0.3) is 0 Å². The molecule has 1 aliphatic rings. The summed E-state index contributed by atoms with van der Waals surface area (Å²) in [5.41, 5.74) is 1.09. The van der Waals surface area contributed by atoms with Crippen LogP contribution < -0.4 is 10.5 Å². The number of ether oxygens (including phenoxy) is 2. The Morgan fingerprint density at radius 2 is 1.80 bits per heavy atom. The molecule has 1 aromatic carbocycles. The molecule has 0 bridgehead atoms. The number of pyridine rings is 1. The van der Waals surface area contributed by atoms with Crippen molar-refractivity contribution in [2.45, 2.75) is 65.1 Å². The molecule has 0 spiro atoms. The number of nitrogens with zero attached hydrogens (tertiary/aromatic N) is 2. The molecular formula is C25H33F2N3O4Si. The molecule has 0 unspecified atom stereocenters. The maximum Gasteiger partial charge on any atom is 0.411 e. The van der Waals surface area contributed by atoms with Gasteiger partial charge in [-0.1, -0.05) is 25.7 Å². The average molecular weight is 506 g/mol. The first-order chi connectivity index (χ1) is 16.2. The predicted molar refractivity (Wildman–Crippen MR) is 132 cm³/mol. The third kappa shape index (κ3) is 6.23. The van der Waals surface area contributed by atoms with E-state index in [1.54, 1.807) is 40.0 Å². The Labute approximate surface area is 205 Å². The number of methoxy groups -OCH3 is 1. The van der Waals surface area contributed by atoms with Gasteiger partial charge in [0.15, 0.2) is 0 Å². The smallest absolute Gasteiger partial charge is 0.411 e. The number of anilines is 1. The Balaban J connectivity index is 1.99. The number of rotatable bonds is 5. The highest BCUT2D eigenvalue weighted by atomic mass is 28.3. The zero-order valence-electron chi connectivity index (χ0n) is 21.3. The van der Waals surface area contributed by atoms with Gasteiger partial charge in [-0.3, -0.25) is 14.7 Å². The zero-order chi connectivity index (χ0) is 26.1. The van der Waals surface area contributed by atoms with Gasteiger partial charge >= 0.3 is 6.09 Å². The molecule has 1 aliphatic heterocycles. The number of aromatic nitrogens is 1. The summed E-state index contributed by atoms with van der Waals surface area (Å²) in [7, 11) is -0.714. The summed E-state index contributed by atoms with van der Waals surface area (Å²) in [4.78, 5) is 32.4. The van der Waals surface area contributed by atoms with Crippen LogP contribution >= 0.6 is 0 Å². The first-order valence-electron chi connectivity index (χ1n) is 11.5. The van der Waals surface area contributed by atoms with Crippen LogP contribution in [0, 0.1) is 11.6 Å². The van der Waals surface area contributed by atoms with Crippen molar-refractivity contribution in [1.29, 1.82) is 0 Å². The van der Waals surface area contributed by atoms with Crippen LogP contribution in [0.2, 0.25) is 19.6 Å². The van der Waals surface area contributed by atoms with Gasteiger partial charge in [0.1, 0.15) is 23.3 Å². The summed E-state index contributed by atoms with van der Waals surface area (Å²) in [6.07, 6.45) is -0.236. The Morgan fingerprint density at radius 3 is 2.34 bits per heavy atom. The number of halogens is 2. The molecule has 190 valence electrons. The van der Waals surface area contributed by atoms with Gasteiger partial charge in [-0.15, -0.1) is 0 Å². The van der Waals surface area contributed by atoms with Crippen LogP contribution in [0.1, 0.15) is 43.8 Å². The lowest BCUT2D eigenvalue weighted by molar-refractivity contribution is -0.122. The zero-order valence-corrected chi connectivity index (χ0v) is 22.3. The second kappa shape index (κ2) is 10.0. The van der Waals surface area contributed by atoms with Gasteiger partial charge in [0, 0.05) is 42.2 Å². The highest BCUT2D eigenvalue weighted by Gasteiger charge is 2.39. The van der Waals surface area contributed by atoms with Gasteiger partial charge in [-0.2, -0.15) is 0 Å². The van der Waals surface area contributed by atoms with Crippen LogP contribution in [-0.4, -0.2) is 49.2 Å². The van der Waals surface area contributed by atoms with E-state index < -0.39 is 43.4 Å². The first-order valence-corrected chi connectivity index (χ1v) is 15.0. The molecule has 2 aromatic rings. The van der Waals surface area contributed by atoms with Crippen molar-refractivity contribution in [2.24, 2.45) is 0 Å². The van der Waals surface area contributed by atoms with Gasteiger partial charge in [0.05, 0.1) is 20.4 Å². The van der Waals surface area contributed by atoms with Crippen molar-refractivity contribution in [2.75, 3.05) is 19.0 Å². The van der Waals surface area contributed by atoms with Crippen molar-refractivity contribution < 1.29 is 27.8 Å². The summed E-state index contributed by atoms with van der Waals surface area (Å²) in [5, 5.41) is 2.67. The van der Waals surface area contributed by atoms with Gasteiger partial charge in [0.25, 0.3) is 5.91 Å². The molecule has 0 fully saturated rings. The van der Waals surface area contributed by atoms with Crippen molar-refractivity contribution in [1.82, 2.24) is 9.88 Å². The van der Waals surface area contributed by atoms with Gasteiger partial charge in [0.2, 0.25) is 0 Å². The van der Waals surface area contributed by atoms with Crippen molar-refractivity contribution >= 4 is 30.9 Å². The highest BCUT2D eigenvalue weighted by Crippen LogP contribution is 2.32. The molecule has 0 saturated carbocycles. The Bertz CT molecular complexity index is 1110. The molecule has 2 heterocycles. The van der Waals surface area contributed by atoms with Gasteiger partial charge in [-0.25, -0.2) is 13.6 Å². The van der Waals surface area contributed by atoms with E-state index in [1.807, 2.05) is 19.6 Å². The molecule has 1 aromatic heterocycles. The highest BCUT2D eigenvalue weighted by molar-refractivity contribution is 6.88. The minimum absolute atomic E-state index is 0.0211. The number of fused-ring (bicyclic) bond motifs is 1. The van der Waals surface area contributed by atoms with E-state index in [1.165, 1.54) is 4.90 Å². The lowest BCUT2D eigenvalue weighted by Gasteiger charge is -2.36. The van der Waals surface area contributed by atoms with Gasteiger partial charge < -0.3 is 14.8 Å². The molecule has 0 radical (unpaired) electrons. The number of carbonyl (C=O) groups is 2. The van der Waals surface area contributed by atoms with E-state index in [0.717, 1.165) is 12.1 Å². The van der Waals surface area contributed by atoms with E-state index in [-0.39, 0.29) is 17.4 Å². The molecule has 35 heavy (non-hydrogen) atoms. The molecule has 1 N–H and O–H groups in total. The van der Waals surface area contributed by atoms with E-state index in [9.17, 15) is 18.4 Å². The van der Waals surface area contributed by atoms with Crippen molar-refractivity contribution in [3.8, 4) is 0 Å². The Kier molecular flexibility index (Phi) is 7.66. The number of hydrogen-bond acceptors (Lipinski definition) is 5. The fourth-order valence-electron chi connectivity index (χ4n) is 4.13. The van der Waals surface area contributed by atoms with Crippen LogP contribution in [0.3, 0.4) is 0 Å². The predicted octanol–water partition coefficient (Wildman–Crippen LogP) is 4.52. The van der Waals surface area contributed by atoms with E-state index >= 15 is 0 Å². The standard InChI is InChI=1S/C25H33F2N3O4Si/c1-25(2,3)34-24(32)30-11-10-20-17(9-8-15(28-20)14-33-4)21(30)23(31)29-16-12-18(26)22(19(27)13-16)35(5,6)7/h8-9,12-13,21H,10-11,14H2,1-7H3,(H,29,31)/t21-/m1/s1. The molecular weight excluding hydrogens is 472 g/mol. The molecule has 3 rings (SSSR count). The van der Waals surface area contributed by atoms with Gasteiger partial charge in [-0.05, 0) is 39.0 Å². The number of carbonyl (C=O) groups excluding carboxylic acids is 2. The summed E-state index contributed by atoms with van der Waals surface area (Å²) in [6, 6.07) is 4.61. The Morgan fingerprint density at radius 1 is 1.17 bits per heavy atom. The molecule has 10 heteroatoms. The number of benzene rings is 1. The summed E-state index contributed by atoms with van der Waals surface area (Å²) < 4.78 is 40.2. The molecule has 1 atom stereocenters. The van der Waals surface area contributed by atoms with Crippen LogP contribution in [0.15, 0.2) is 24.3 Å². The molecule has 0 aliphatic carbocycles. The third-order valence-corrected chi connectivity index (χ3v) is 7.47. The van der Waals surface area contributed by atoms with E-state index in [0.29, 0.717) is 30.0 Å². The largest absolute Gasteiger partial charge is 0.444 e. The summed E-state index contributed by atoms with van der Waals surface area (Å²) >= 11 is 0. The quantitative estimate of drug-likeness (QED) is 0.604. The summed E-state index contributed by atoms with van der Waals surface area (Å²) in [5.74, 6) is -2.01. The lowest BCUT2D eigenvalue weighted by atomic mass is 9.95. The normalized spacial score (nSPS) is 16.0. The number of nitrogens with one attached hydrogen (secondary N) is 1. The third-order valence-electron chi connectivity index (χ3n) is 5.49. The average Bonchev–Trinajstić information content (AvgIpc) is 2.70. The summed E-state index contributed by atoms with van der Waals surface area (Å²) in [6.45, 7) is 11.2. The SMILES string of the molecule is COCc1ccc2c(n1)CCN(C(=O)OC(C)(C)C)[C@H]2C(=O)Nc1cc(F)c([Si](C)(C)C)c(F)c1. The van der Waals surface area contributed by atoms with E-state index in [4.69, 9.17) is 9.47 Å².